The van der Waals surface area contributed by atoms with E-state index in [2.05, 4.69) is 10.3 Å². The molecule has 0 aliphatic carbocycles. The van der Waals surface area contributed by atoms with Crippen molar-refractivity contribution in [1.82, 2.24) is 10.3 Å². The Labute approximate surface area is 98.9 Å². The predicted molar refractivity (Wildman–Crippen MR) is 62.2 cm³/mol. The van der Waals surface area contributed by atoms with Crippen LogP contribution in [0.2, 0.25) is 0 Å². The van der Waals surface area contributed by atoms with E-state index in [0.29, 0.717) is 18.8 Å². The standard InChI is InChI=1S/C11H16N2O4/c1-8-11(9(14)3-4-12-8)17-7-10(15)13-5-6-16-2/h3-4H,5-7H2,1-2H3,(H,12,14)(H,13,15). The molecule has 1 heterocycles. The largest absolute Gasteiger partial charge is 0.478 e. The number of rotatable bonds is 6. The van der Waals surface area contributed by atoms with Gasteiger partial charge in [-0.2, -0.15) is 0 Å². The third-order valence-electron chi connectivity index (χ3n) is 2.07. The third kappa shape index (κ3) is 4.28. The Balaban J connectivity index is 2.45. The van der Waals surface area contributed by atoms with Gasteiger partial charge in [-0.05, 0) is 6.92 Å². The second-order valence-electron chi connectivity index (χ2n) is 3.43. The number of aromatic amines is 1. The fourth-order valence-corrected chi connectivity index (χ4v) is 1.23. The minimum absolute atomic E-state index is 0.175. The summed E-state index contributed by atoms with van der Waals surface area (Å²) in [5.41, 5.74) is 0.355. The first-order valence-electron chi connectivity index (χ1n) is 5.22. The molecule has 1 amide bonds. The molecular formula is C11H16N2O4. The number of carbonyl (C=O) groups is 1. The van der Waals surface area contributed by atoms with Gasteiger partial charge in [0.15, 0.2) is 12.4 Å². The van der Waals surface area contributed by atoms with Gasteiger partial charge in [0.1, 0.15) is 0 Å². The van der Waals surface area contributed by atoms with Gasteiger partial charge in [0.05, 0.1) is 12.3 Å². The minimum atomic E-state index is -0.287. The van der Waals surface area contributed by atoms with E-state index in [4.69, 9.17) is 9.47 Å². The monoisotopic (exact) mass is 240 g/mol. The fraction of sp³-hybridized carbons (Fsp3) is 0.455. The van der Waals surface area contributed by atoms with Gasteiger partial charge in [-0.1, -0.05) is 0 Å². The second-order valence-corrected chi connectivity index (χ2v) is 3.43. The first-order valence-corrected chi connectivity index (χ1v) is 5.22. The van der Waals surface area contributed by atoms with E-state index in [0.717, 1.165) is 0 Å². The molecule has 1 rings (SSSR count). The van der Waals surface area contributed by atoms with Gasteiger partial charge in [-0.25, -0.2) is 0 Å². The quantitative estimate of drug-likeness (QED) is 0.676. The van der Waals surface area contributed by atoms with E-state index in [9.17, 15) is 9.59 Å². The summed E-state index contributed by atoms with van der Waals surface area (Å²) < 4.78 is 9.95. The van der Waals surface area contributed by atoms with Crippen LogP contribution in [0.3, 0.4) is 0 Å². The highest BCUT2D eigenvalue weighted by Gasteiger charge is 2.07. The van der Waals surface area contributed by atoms with E-state index >= 15 is 0 Å². The number of hydrogen-bond donors (Lipinski definition) is 2. The third-order valence-corrected chi connectivity index (χ3v) is 2.07. The zero-order chi connectivity index (χ0) is 12.7. The molecule has 0 radical (unpaired) electrons. The van der Waals surface area contributed by atoms with Gasteiger partial charge in [-0.15, -0.1) is 0 Å². The molecule has 94 valence electrons. The average Bonchev–Trinajstić information content (AvgIpc) is 2.29. The first-order chi connectivity index (χ1) is 8.15. The SMILES string of the molecule is COCCNC(=O)COc1c(C)[nH]ccc1=O. The summed E-state index contributed by atoms with van der Waals surface area (Å²) in [5, 5.41) is 2.59. The van der Waals surface area contributed by atoms with Crippen molar-refractivity contribution in [3.8, 4) is 5.75 Å². The topological polar surface area (TPSA) is 80.4 Å². The van der Waals surface area contributed by atoms with Crippen LogP contribution in [0.4, 0.5) is 0 Å². The van der Waals surface area contributed by atoms with Gasteiger partial charge in [0.25, 0.3) is 5.91 Å². The Morgan fingerprint density at radius 1 is 1.53 bits per heavy atom. The molecule has 0 saturated heterocycles. The average molecular weight is 240 g/mol. The molecule has 0 unspecified atom stereocenters. The maximum Gasteiger partial charge on any atom is 0.258 e. The van der Waals surface area contributed by atoms with Crippen molar-refractivity contribution in [3.63, 3.8) is 0 Å². The van der Waals surface area contributed by atoms with Gasteiger partial charge in [-0.3, -0.25) is 9.59 Å². The summed E-state index contributed by atoms with van der Waals surface area (Å²) in [4.78, 5) is 25.6. The van der Waals surface area contributed by atoms with Gasteiger partial charge in [0, 0.05) is 25.9 Å². The summed E-state index contributed by atoms with van der Waals surface area (Å²) in [6.07, 6.45) is 1.53. The fourth-order valence-electron chi connectivity index (χ4n) is 1.23. The van der Waals surface area contributed by atoms with Crippen LogP contribution in [0.1, 0.15) is 5.69 Å². The molecule has 0 spiro atoms. The number of nitrogens with one attached hydrogen (secondary N) is 2. The Morgan fingerprint density at radius 3 is 2.94 bits per heavy atom. The number of hydrogen-bond acceptors (Lipinski definition) is 4. The number of methoxy groups -OCH3 is 1. The molecule has 0 aliphatic heterocycles. The zero-order valence-electron chi connectivity index (χ0n) is 9.91. The molecule has 0 fully saturated rings. The number of H-pyrrole nitrogens is 1. The second kappa shape index (κ2) is 6.70. The number of carbonyl (C=O) groups excluding carboxylic acids is 1. The molecule has 2 N–H and O–H groups in total. The highest BCUT2D eigenvalue weighted by atomic mass is 16.5. The lowest BCUT2D eigenvalue weighted by molar-refractivity contribution is -0.123. The van der Waals surface area contributed by atoms with Crippen LogP contribution >= 0.6 is 0 Å². The number of amides is 1. The Morgan fingerprint density at radius 2 is 2.29 bits per heavy atom. The first kappa shape index (κ1) is 13.2. The maximum atomic E-state index is 11.4. The van der Waals surface area contributed by atoms with E-state index in [1.54, 1.807) is 14.0 Å². The molecular weight excluding hydrogens is 224 g/mol. The van der Waals surface area contributed by atoms with Gasteiger partial charge in [0.2, 0.25) is 5.43 Å². The number of ether oxygens (including phenoxy) is 2. The van der Waals surface area contributed by atoms with Crippen molar-refractivity contribution in [2.45, 2.75) is 6.92 Å². The van der Waals surface area contributed by atoms with Crippen molar-refractivity contribution in [3.05, 3.63) is 28.2 Å². The van der Waals surface area contributed by atoms with E-state index < -0.39 is 0 Å². The number of aromatic nitrogens is 1. The smallest absolute Gasteiger partial charge is 0.258 e. The van der Waals surface area contributed by atoms with E-state index in [1.807, 2.05) is 0 Å². The van der Waals surface area contributed by atoms with Crippen molar-refractivity contribution < 1.29 is 14.3 Å². The number of pyridine rings is 1. The molecule has 17 heavy (non-hydrogen) atoms. The Hall–Kier alpha value is -1.82. The summed E-state index contributed by atoms with van der Waals surface area (Å²) in [6.45, 7) is 2.39. The van der Waals surface area contributed by atoms with Crippen molar-refractivity contribution in [2.24, 2.45) is 0 Å². The summed E-state index contributed by atoms with van der Waals surface area (Å²) >= 11 is 0. The lowest BCUT2D eigenvalue weighted by atomic mass is 10.3. The van der Waals surface area contributed by atoms with Crippen LogP contribution in [0.25, 0.3) is 0 Å². The van der Waals surface area contributed by atoms with Crippen molar-refractivity contribution >= 4 is 5.91 Å². The lowest BCUT2D eigenvalue weighted by Crippen LogP contribution is -2.32. The zero-order valence-corrected chi connectivity index (χ0v) is 9.91. The van der Waals surface area contributed by atoms with E-state index in [-0.39, 0.29) is 23.7 Å². The highest BCUT2D eigenvalue weighted by Crippen LogP contribution is 2.06. The molecule has 0 aliphatic rings. The van der Waals surface area contributed by atoms with Crippen LogP contribution in [-0.4, -0.2) is 37.8 Å². The molecule has 0 saturated carbocycles. The molecule has 6 heteroatoms. The minimum Gasteiger partial charge on any atom is -0.478 e. The molecule has 0 atom stereocenters. The van der Waals surface area contributed by atoms with Crippen LogP contribution in [0, 0.1) is 6.92 Å². The van der Waals surface area contributed by atoms with Crippen LogP contribution in [0.15, 0.2) is 17.1 Å². The molecule has 6 nitrogen and oxygen atoms in total. The van der Waals surface area contributed by atoms with Gasteiger partial charge < -0.3 is 19.8 Å². The Bertz CT molecular complexity index is 428. The van der Waals surface area contributed by atoms with Gasteiger partial charge >= 0.3 is 0 Å². The Kier molecular flexibility index (Phi) is 5.22. The van der Waals surface area contributed by atoms with Crippen molar-refractivity contribution in [1.29, 1.82) is 0 Å². The van der Waals surface area contributed by atoms with Crippen LogP contribution in [0.5, 0.6) is 5.75 Å². The molecule has 1 aromatic rings. The number of aryl methyl sites for hydroxylation is 1. The lowest BCUT2D eigenvalue weighted by Gasteiger charge is -2.08. The molecule has 1 aromatic heterocycles. The van der Waals surface area contributed by atoms with Crippen LogP contribution < -0.4 is 15.5 Å². The summed E-state index contributed by atoms with van der Waals surface area (Å²) in [6, 6.07) is 1.35. The summed E-state index contributed by atoms with van der Waals surface area (Å²) in [7, 11) is 1.55. The van der Waals surface area contributed by atoms with Crippen LogP contribution in [-0.2, 0) is 9.53 Å². The molecule has 0 bridgehead atoms. The predicted octanol–water partition coefficient (Wildman–Crippen LogP) is -0.175. The molecule has 0 aromatic carbocycles. The highest BCUT2D eigenvalue weighted by molar-refractivity contribution is 5.77. The van der Waals surface area contributed by atoms with Crippen molar-refractivity contribution in [2.75, 3.05) is 26.9 Å². The maximum absolute atomic E-state index is 11.4. The van der Waals surface area contributed by atoms with E-state index in [1.165, 1.54) is 12.3 Å². The summed E-state index contributed by atoms with van der Waals surface area (Å²) in [5.74, 6) is -0.112. The normalized spacial score (nSPS) is 10.0.